The SMILES string of the molecule is CCC(C)CCCCCCCCCCCCC(=O)O[C@H](COC(=O)CCCCCCCCCCCCCCCCCCC(C)C)COP(=O)(O)OCC(O)COP(=O)(O)OC[C@@H](COC(=O)CCCCCCCCCC(C)C)OC(=O)CCCCCCCCC(C)CC. The van der Waals surface area contributed by atoms with E-state index < -0.39 is 97.5 Å². The summed E-state index contributed by atoms with van der Waals surface area (Å²) in [6.07, 6.45) is 47.3. The van der Waals surface area contributed by atoms with E-state index >= 15 is 0 Å². The van der Waals surface area contributed by atoms with Crippen LogP contribution in [-0.2, 0) is 65.4 Å². The van der Waals surface area contributed by atoms with Crippen molar-refractivity contribution in [3.05, 3.63) is 0 Å². The molecule has 0 fully saturated rings. The van der Waals surface area contributed by atoms with Gasteiger partial charge >= 0.3 is 39.5 Å². The number of rotatable bonds is 71. The van der Waals surface area contributed by atoms with Gasteiger partial charge in [-0.3, -0.25) is 37.3 Å². The number of hydrogen-bond acceptors (Lipinski definition) is 15. The summed E-state index contributed by atoms with van der Waals surface area (Å²) >= 11 is 0. The lowest BCUT2D eigenvalue weighted by Gasteiger charge is -2.21. The van der Waals surface area contributed by atoms with Gasteiger partial charge in [0.05, 0.1) is 26.4 Å². The van der Waals surface area contributed by atoms with Gasteiger partial charge in [-0.25, -0.2) is 9.13 Å². The molecule has 17 nitrogen and oxygen atoms in total. The van der Waals surface area contributed by atoms with E-state index in [1.807, 2.05) is 0 Å². The van der Waals surface area contributed by atoms with Gasteiger partial charge in [-0.2, -0.15) is 0 Å². The van der Waals surface area contributed by atoms with Crippen molar-refractivity contribution in [2.24, 2.45) is 23.7 Å². The van der Waals surface area contributed by atoms with E-state index in [-0.39, 0.29) is 25.7 Å². The number of carbonyl (C=O) groups is 4. The number of esters is 4. The minimum atomic E-state index is -4.96. The maximum absolute atomic E-state index is 13.1. The Morgan fingerprint density at radius 2 is 0.516 bits per heavy atom. The zero-order valence-corrected chi connectivity index (χ0v) is 62.7. The van der Waals surface area contributed by atoms with Crippen molar-refractivity contribution in [1.82, 2.24) is 0 Å². The highest BCUT2D eigenvalue weighted by atomic mass is 31.2. The van der Waals surface area contributed by atoms with E-state index in [2.05, 4.69) is 55.4 Å². The van der Waals surface area contributed by atoms with Crippen LogP contribution in [0.25, 0.3) is 0 Å². The summed E-state index contributed by atoms with van der Waals surface area (Å²) in [7, 11) is -9.91. The smallest absolute Gasteiger partial charge is 0.462 e. The number of aliphatic hydroxyl groups excluding tert-OH is 1. The number of phosphoric ester groups is 2. The third-order valence-electron chi connectivity index (χ3n) is 17.8. The standard InChI is InChI=1S/C74H144O17P2/c1-9-66(7)52-44-36-28-22-19-20-24-30-40-48-56-73(78)90-69(60-84-71(76)54-46-38-29-23-18-16-14-12-11-13-15-17-21-26-34-42-50-64(3)4)62-88-92(80,81)86-58-68(75)59-87-93(82,83)89-63-70(91-74(79)57-49-41-33-32-37-45-53-67(8)10-2)61-85-72(77)55-47-39-31-25-27-35-43-51-65(5)6/h64-70,75H,9-63H2,1-8H3,(H,80,81)(H,82,83)/t66?,67?,68?,69-,70-/m1/s1. The van der Waals surface area contributed by atoms with Crippen molar-refractivity contribution in [1.29, 1.82) is 0 Å². The average Bonchev–Trinajstić information content (AvgIpc) is 1.74. The fourth-order valence-corrected chi connectivity index (χ4v) is 12.7. The fraction of sp³-hybridized carbons (Fsp3) is 0.946. The summed E-state index contributed by atoms with van der Waals surface area (Å²) in [5.74, 6) is 0.913. The van der Waals surface area contributed by atoms with E-state index in [4.69, 9.17) is 37.0 Å². The van der Waals surface area contributed by atoms with Crippen LogP contribution in [0.4, 0.5) is 0 Å². The van der Waals surface area contributed by atoms with Gasteiger partial charge in [0.2, 0.25) is 0 Å². The van der Waals surface area contributed by atoms with Crippen molar-refractivity contribution in [3.63, 3.8) is 0 Å². The van der Waals surface area contributed by atoms with Crippen LogP contribution >= 0.6 is 15.6 Å². The summed E-state index contributed by atoms with van der Waals surface area (Å²) < 4.78 is 68.4. The van der Waals surface area contributed by atoms with Gasteiger partial charge < -0.3 is 33.8 Å². The van der Waals surface area contributed by atoms with E-state index in [9.17, 15) is 43.2 Å². The molecular formula is C74H144O17P2. The molecular weight excluding hydrogens is 1220 g/mol. The number of aliphatic hydroxyl groups is 1. The average molecular weight is 1370 g/mol. The molecule has 3 N–H and O–H groups in total. The molecule has 0 aliphatic rings. The van der Waals surface area contributed by atoms with Crippen LogP contribution in [0.2, 0.25) is 0 Å². The van der Waals surface area contributed by atoms with Crippen molar-refractivity contribution in [2.45, 2.75) is 388 Å². The topological polar surface area (TPSA) is 237 Å². The maximum Gasteiger partial charge on any atom is 0.472 e. The van der Waals surface area contributed by atoms with Gasteiger partial charge in [0.25, 0.3) is 0 Å². The third-order valence-corrected chi connectivity index (χ3v) is 19.7. The second-order valence-electron chi connectivity index (χ2n) is 28.1. The molecule has 7 atom stereocenters. The second kappa shape index (κ2) is 63.5. The predicted octanol–water partition coefficient (Wildman–Crippen LogP) is 21.3. The minimum absolute atomic E-state index is 0.102. The number of hydrogen-bond donors (Lipinski definition) is 3. The molecule has 0 amide bonds. The zero-order valence-electron chi connectivity index (χ0n) is 60.9. The first-order chi connectivity index (χ1) is 44.7. The number of carbonyl (C=O) groups excluding carboxylic acids is 4. The van der Waals surface area contributed by atoms with E-state index in [1.54, 1.807) is 0 Å². The fourth-order valence-electron chi connectivity index (χ4n) is 11.1. The van der Waals surface area contributed by atoms with E-state index in [0.717, 1.165) is 114 Å². The van der Waals surface area contributed by atoms with Crippen LogP contribution in [0.15, 0.2) is 0 Å². The molecule has 0 bridgehead atoms. The summed E-state index contributed by atoms with van der Waals surface area (Å²) in [4.78, 5) is 72.7. The molecule has 0 rings (SSSR count). The Morgan fingerprint density at radius 3 is 0.763 bits per heavy atom. The Labute approximate surface area is 568 Å². The monoisotopic (exact) mass is 1370 g/mol. The van der Waals surface area contributed by atoms with Gasteiger partial charge in [-0.15, -0.1) is 0 Å². The number of ether oxygens (including phenoxy) is 4. The Balaban J connectivity index is 5.21. The van der Waals surface area contributed by atoms with Crippen molar-refractivity contribution >= 4 is 39.5 Å². The molecule has 552 valence electrons. The minimum Gasteiger partial charge on any atom is -0.462 e. The maximum atomic E-state index is 13.1. The highest BCUT2D eigenvalue weighted by molar-refractivity contribution is 7.47. The molecule has 19 heteroatoms. The van der Waals surface area contributed by atoms with Gasteiger partial charge in [-0.05, 0) is 49.4 Å². The van der Waals surface area contributed by atoms with Crippen LogP contribution in [0, 0.1) is 23.7 Å². The van der Waals surface area contributed by atoms with Crippen LogP contribution in [0.1, 0.15) is 370 Å². The summed E-state index contributed by atoms with van der Waals surface area (Å²) in [6, 6.07) is 0. The molecule has 0 heterocycles. The molecule has 0 saturated carbocycles. The Morgan fingerprint density at radius 1 is 0.301 bits per heavy atom. The lowest BCUT2D eigenvalue weighted by molar-refractivity contribution is -0.161. The first-order valence-corrected chi connectivity index (χ1v) is 41.3. The summed E-state index contributed by atoms with van der Waals surface area (Å²) in [5.41, 5.74) is 0. The molecule has 0 spiro atoms. The molecule has 0 saturated heterocycles. The van der Waals surface area contributed by atoms with E-state index in [1.165, 1.54) is 167 Å². The van der Waals surface area contributed by atoms with Crippen LogP contribution in [-0.4, -0.2) is 96.7 Å². The van der Waals surface area contributed by atoms with Crippen molar-refractivity contribution in [2.75, 3.05) is 39.6 Å². The molecule has 0 aromatic carbocycles. The molecule has 0 radical (unpaired) electrons. The Kier molecular flexibility index (Phi) is 62.2. The lowest BCUT2D eigenvalue weighted by Crippen LogP contribution is -2.30. The Hall–Kier alpha value is -1.94. The number of unbranched alkanes of at least 4 members (excludes halogenated alkanes) is 35. The van der Waals surface area contributed by atoms with Crippen molar-refractivity contribution in [3.8, 4) is 0 Å². The van der Waals surface area contributed by atoms with Crippen molar-refractivity contribution < 1.29 is 80.2 Å². The lowest BCUT2D eigenvalue weighted by atomic mass is 9.99. The summed E-state index contributed by atoms with van der Waals surface area (Å²) in [5, 5.41) is 10.6. The second-order valence-corrected chi connectivity index (χ2v) is 31.0. The van der Waals surface area contributed by atoms with Crippen LogP contribution in [0.3, 0.4) is 0 Å². The third kappa shape index (κ3) is 65.8. The predicted molar refractivity (Wildman–Crippen MR) is 377 cm³/mol. The molecule has 0 aliphatic heterocycles. The number of phosphoric acid groups is 2. The highest BCUT2D eigenvalue weighted by Crippen LogP contribution is 2.45. The normalized spacial score (nSPS) is 14.8. The molecule has 0 aliphatic carbocycles. The van der Waals surface area contributed by atoms with Gasteiger partial charge in [0.15, 0.2) is 12.2 Å². The van der Waals surface area contributed by atoms with Gasteiger partial charge in [0, 0.05) is 25.7 Å². The van der Waals surface area contributed by atoms with Gasteiger partial charge in [0.1, 0.15) is 19.3 Å². The Bertz CT molecular complexity index is 1840. The molecule has 5 unspecified atom stereocenters. The first-order valence-electron chi connectivity index (χ1n) is 38.3. The molecule has 93 heavy (non-hydrogen) atoms. The van der Waals surface area contributed by atoms with E-state index in [0.29, 0.717) is 31.6 Å². The molecule has 0 aromatic rings. The van der Waals surface area contributed by atoms with Crippen LogP contribution < -0.4 is 0 Å². The zero-order chi connectivity index (χ0) is 68.9. The highest BCUT2D eigenvalue weighted by Gasteiger charge is 2.30. The molecule has 0 aromatic heterocycles. The van der Waals surface area contributed by atoms with Gasteiger partial charge in [-0.1, -0.05) is 319 Å². The first kappa shape index (κ1) is 91.1. The van der Waals surface area contributed by atoms with Crippen LogP contribution in [0.5, 0.6) is 0 Å². The summed E-state index contributed by atoms with van der Waals surface area (Å²) in [6.45, 7) is 14.1. The largest absolute Gasteiger partial charge is 0.472 e. The quantitative estimate of drug-likeness (QED) is 0.0222.